The number of alkyl halides is 1. The lowest BCUT2D eigenvalue weighted by atomic mass is 10.2. The molecule has 0 saturated carbocycles. The minimum atomic E-state index is 0.818. The highest BCUT2D eigenvalue weighted by Gasteiger charge is 1.96. The Bertz CT molecular complexity index is 72.0. The van der Waals surface area contributed by atoms with Crippen LogP contribution in [0.3, 0.4) is 0 Å². The Labute approximate surface area is 75.7 Å². The molecule has 0 bridgehead atoms. The van der Waals surface area contributed by atoms with E-state index in [1.807, 2.05) is 0 Å². The maximum atomic E-state index is 5.57. The Hall–Kier alpha value is 0.250. The number of halogens is 1. The first-order valence-electron chi connectivity index (χ1n) is 4.63. The lowest BCUT2D eigenvalue weighted by Crippen LogP contribution is -2.23. The van der Waals surface area contributed by atoms with Crippen LogP contribution in [0.1, 0.15) is 33.1 Å². The molecule has 0 rings (SSSR count). The maximum Gasteiger partial charge on any atom is 0.0223 e. The summed E-state index contributed by atoms with van der Waals surface area (Å²) in [5.41, 5.74) is 0. The molecule has 0 heterocycles. The van der Waals surface area contributed by atoms with Crippen molar-refractivity contribution in [3.8, 4) is 0 Å². The zero-order valence-corrected chi connectivity index (χ0v) is 8.53. The van der Waals surface area contributed by atoms with E-state index in [0.717, 1.165) is 5.88 Å². The van der Waals surface area contributed by atoms with Crippen LogP contribution in [0.25, 0.3) is 0 Å². The van der Waals surface area contributed by atoms with E-state index in [0.29, 0.717) is 0 Å². The summed E-state index contributed by atoms with van der Waals surface area (Å²) in [5, 5.41) is 0. The molecular weight excluding hydrogens is 158 g/mol. The smallest absolute Gasteiger partial charge is 0.0223 e. The molecule has 0 unspecified atom stereocenters. The summed E-state index contributed by atoms with van der Waals surface area (Å²) in [5.74, 6) is 0.818. The second-order valence-electron chi connectivity index (χ2n) is 2.78. The number of unbranched alkanes of at least 4 members (excludes halogenated alkanes) is 2. The fourth-order valence-corrected chi connectivity index (χ4v) is 1.34. The van der Waals surface area contributed by atoms with Crippen molar-refractivity contribution >= 4 is 11.6 Å². The normalized spacial score (nSPS) is 10.9. The average molecular weight is 178 g/mol. The number of nitrogens with zero attached hydrogens (tertiary/aromatic N) is 1. The maximum absolute atomic E-state index is 5.57. The molecule has 0 aliphatic carbocycles. The second kappa shape index (κ2) is 8.35. The van der Waals surface area contributed by atoms with Crippen molar-refractivity contribution in [2.45, 2.75) is 33.1 Å². The molecule has 0 spiro atoms. The van der Waals surface area contributed by atoms with E-state index in [4.69, 9.17) is 11.6 Å². The van der Waals surface area contributed by atoms with Gasteiger partial charge in [-0.25, -0.2) is 0 Å². The van der Waals surface area contributed by atoms with Gasteiger partial charge in [0.1, 0.15) is 0 Å². The third-order valence-electron chi connectivity index (χ3n) is 2.00. The monoisotopic (exact) mass is 177 g/mol. The largest absolute Gasteiger partial charge is 0.304 e. The topological polar surface area (TPSA) is 3.24 Å². The standard InChI is InChI=1S/C9H20ClN/c1-3-11(4-2)9-7-5-6-8-10/h3-9H2,1-2H3. The van der Waals surface area contributed by atoms with Crippen molar-refractivity contribution in [2.24, 2.45) is 0 Å². The molecule has 0 aliphatic heterocycles. The van der Waals surface area contributed by atoms with E-state index in [9.17, 15) is 0 Å². The molecule has 0 radical (unpaired) electrons. The molecule has 2 heteroatoms. The number of hydrogen-bond donors (Lipinski definition) is 0. The highest BCUT2D eigenvalue weighted by Crippen LogP contribution is 1.99. The first-order valence-corrected chi connectivity index (χ1v) is 5.16. The second-order valence-corrected chi connectivity index (χ2v) is 3.15. The predicted molar refractivity (Wildman–Crippen MR) is 52.4 cm³/mol. The summed E-state index contributed by atoms with van der Waals surface area (Å²) in [7, 11) is 0. The third kappa shape index (κ3) is 6.64. The van der Waals surface area contributed by atoms with Crippen molar-refractivity contribution in [1.29, 1.82) is 0 Å². The van der Waals surface area contributed by atoms with Crippen molar-refractivity contribution in [1.82, 2.24) is 4.90 Å². The van der Waals surface area contributed by atoms with Crippen LogP contribution in [0.2, 0.25) is 0 Å². The van der Waals surface area contributed by atoms with Crippen LogP contribution in [0, 0.1) is 0 Å². The van der Waals surface area contributed by atoms with E-state index < -0.39 is 0 Å². The molecule has 0 aromatic heterocycles. The number of hydrogen-bond acceptors (Lipinski definition) is 1. The van der Waals surface area contributed by atoms with Crippen LogP contribution in [0.4, 0.5) is 0 Å². The Morgan fingerprint density at radius 2 is 1.64 bits per heavy atom. The van der Waals surface area contributed by atoms with E-state index in [2.05, 4.69) is 18.7 Å². The van der Waals surface area contributed by atoms with Gasteiger partial charge in [-0.1, -0.05) is 20.3 Å². The van der Waals surface area contributed by atoms with Gasteiger partial charge in [0.05, 0.1) is 0 Å². The molecule has 0 saturated heterocycles. The van der Waals surface area contributed by atoms with Crippen LogP contribution in [-0.4, -0.2) is 30.4 Å². The van der Waals surface area contributed by atoms with Gasteiger partial charge >= 0.3 is 0 Å². The molecule has 0 aliphatic rings. The summed E-state index contributed by atoms with van der Waals surface area (Å²) in [6, 6.07) is 0. The van der Waals surface area contributed by atoms with Gasteiger partial charge in [0.25, 0.3) is 0 Å². The third-order valence-corrected chi connectivity index (χ3v) is 2.27. The van der Waals surface area contributed by atoms with Crippen molar-refractivity contribution < 1.29 is 0 Å². The minimum absolute atomic E-state index is 0.818. The Morgan fingerprint density at radius 3 is 2.09 bits per heavy atom. The highest BCUT2D eigenvalue weighted by atomic mass is 35.5. The van der Waals surface area contributed by atoms with Gasteiger partial charge in [-0.05, 0) is 32.5 Å². The molecule has 0 aromatic carbocycles. The molecule has 0 N–H and O–H groups in total. The van der Waals surface area contributed by atoms with Crippen LogP contribution in [0.15, 0.2) is 0 Å². The van der Waals surface area contributed by atoms with Gasteiger partial charge in [0.15, 0.2) is 0 Å². The fraction of sp³-hybridized carbons (Fsp3) is 1.00. The van der Waals surface area contributed by atoms with Crippen LogP contribution in [-0.2, 0) is 0 Å². The van der Waals surface area contributed by atoms with E-state index in [1.54, 1.807) is 0 Å². The van der Waals surface area contributed by atoms with Crippen LogP contribution >= 0.6 is 11.6 Å². The summed E-state index contributed by atoms with van der Waals surface area (Å²) in [4.78, 5) is 2.45. The minimum Gasteiger partial charge on any atom is -0.304 e. The summed E-state index contributed by atoms with van der Waals surface area (Å²) in [6.45, 7) is 8.02. The highest BCUT2D eigenvalue weighted by molar-refractivity contribution is 6.17. The SMILES string of the molecule is CCN(CC)CCCCCCl. The Kier molecular flexibility index (Phi) is 8.54. The predicted octanol–water partition coefficient (Wildman–Crippen LogP) is 2.74. The molecule has 0 fully saturated rings. The lowest BCUT2D eigenvalue weighted by Gasteiger charge is -2.17. The first-order chi connectivity index (χ1) is 5.35. The molecule has 11 heavy (non-hydrogen) atoms. The molecule has 0 amide bonds. The first kappa shape index (κ1) is 11.2. The molecule has 68 valence electrons. The van der Waals surface area contributed by atoms with Gasteiger partial charge in [0, 0.05) is 5.88 Å². The quantitative estimate of drug-likeness (QED) is 0.427. The molecule has 1 nitrogen and oxygen atoms in total. The van der Waals surface area contributed by atoms with Crippen molar-refractivity contribution in [2.75, 3.05) is 25.5 Å². The van der Waals surface area contributed by atoms with Gasteiger partial charge in [0.2, 0.25) is 0 Å². The van der Waals surface area contributed by atoms with Gasteiger partial charge in [-0.2, -0.15) is 0 Å². The van der Waals surface area contributed by atoms with Gasteiger partial charge in [-0.3, -0.25) is 0 Å². The van der Waals surface area contributed by atoms with Crippen LogP contribution in [0.5, 0.6) is 0 Å². The van der Waals surface area contributed by atoms with E-state index in [-0.39, 0.29) is 0 Å². The van der Waals surface area contributed by atoms with Gasteiger partial charge in [-0.15, -0.1) is 11.6 Å². The summed E-state index contributed by atoms with van der Waals surface area (Å²) in [6.07, 6.45) is 3.75. The number of rotatable bonds is 7. The van der Waals surface area contributed by atoms with Crippen LogP contribution < -0.4 is 0 Å². The lowest BCUT2D eigenvalue weighted by molar-refractivity contribution is 0.296. The Morgan fingerprint density at radius 1 is 1.00 bits per heavy atom. The zero-order chi connectivity index (χ0) is 8.53. The van der Waals surface area contributed by atoms with Gasteiger partial charge < -0.3 is 4.90 Å². The van der Waals surface area contributed by atoms with Crippen molar-refractivity contribution in [3.05, 3.63) is 0 Å². The van der Waals surface area contributed by atoms with E-state index >= 15 is 0 Å². The zero-order valence-electron chi connectivity index (χ0n) is 7.77. The van der Waals surface area contributed by atoms with E-state index in [1.165, 1.54) is 38.9 Å². The Balaban J connectivity index is 3.07. The fourth-order valence-electron chi connectivity index (χ4n) is 1.15. The molecular formula is C9H20ClN. The summed E-state index contributed by atoms with van der Waals surface area (Å²) < 4.78 is 0. The molecule has 0 atom stereocenters. The van der Waals surface area contributed by atoms with Crippen molar-refractivity contribution in [3.63, 3.8) is 0 Å². The molecule has 0 aromatic rings. The average Bonchev–Trinajstić information content (AvgIpc) is 2.05. The summed E-state index contributed by atoms with van der Waals surface area (Å²) >= 11 is 5.57.